The van der Waals surface area contributed by atoms with Crippen molar-refractivity contribution in [2.75, 3.05) is 0 Å². The van der Waals surface area contributed by atoms with E-state index in [1.54, 1.807) is 36.7 Å². The molecule has 4 rings (SSSR count). The Bertz CT molecular complexity index is 1100. The SMILES string of the molecule is Fc1ccc(-c2cccnc2Pc2ncccc2-c2ccc(F)cc2F)c(F)c1. The molecule has 144 valence electrons. The summed E-state index contributed by atoms with van der Waals surface area (Å²) in [5.74, 6) is -2.74. The van der Waals surface area contributed by atoms with Crippen LogP contribution in [0.2, 0.25) is 0 Å². The molecule has 2 aromatic heterocycles. The maximum Gasteiger partial charge on any atom is 0.134 e. The van der Waals surface area contributed by atoms with Gasteiger partial charge in [0.05, 0.1) is 10.9 Å². The molecule has 2 nitrogen and oxygen atoms in total. The Balaban J connectivity index is 1.79. The van der Waals surface area contributed by atoms with Crippen molar-refractivity contribution in [1.82, 2.24) is 9.97 Å². The molecule has 2 aromatic carbocycles. The van der Waals surface area contributed by atoms with Gasteiger partial charge >= 0.3 is 0 Å². The Kier molecular flexibility index (Phi) is 5.36. The lowest BCUT2D eigenvalue weighted by atomic mass is 10.1. The van der Waals surface area contributed by atoms with Gasteiger partial charge in [-0.25, -0.2) is 17.6 Å². The van der Waals surface area contributed by atoms with Gasteiger partial charge < -0.3 is 0 Å². The molecular weight excluding hydrogens is 399 g/mol. The van der Waals surface area contributed by atoms with Crippen molar-refractivity contribution in [3.05, 3.63) is 96.3 Å². The fraction of sp³-hybridized carbons (Fsp3) is 0. The zero-order chi connectivity index (χ0) is 20.4. The van der Waals surface area contributed by atoms with E-state index in [9.17, 15) is 17.6 Å². The molecular formula is C22H13F4N2P. The third kappa shape index (κ3) is 4.03. The lowest BCUT2D eigenvalue weighted by molar-refractivity contribution is 0.585. The third-order valence-electron chi connectivity index (χ3n) is 4.29. The first kappa shape index (κ1) is 19.2. The zero-order valence-electron chi connectivity index (χ0n) is 14.8. The van der Waals surface area contributed by atoms with Crippen LogP contribution in [0.25, 0.3) is 22.3 Å². The van der Waals surface area contributed by atoms with Crippen LogP contribution in [-0.4, -0.2) is 9.97 Å². The van der Waals surface area contributed by atoms with Gasteiger partial charge in [0.2, 0.25) is 0 Å². The molecule has 2 heterocycles. The minimum absolute atomic E-state index is 0.130. The van der Waals surface area contributed by atoms with E-state index in [4.69, 9.17) is 0 Å². The van der Waals surface area contributed by atoms with Gasteiger partial charge in [0.15, 0.2) is 0 Å². The summed E-state index contributed by atoms with van der Waals surface area (Å²) < 4.78 is 55.2. The molecule has 7 heteroatoms. The Hall–Kier alpha value is -3.11. The van der Waals surface area contributed by atoms with Gasteiger partial charge in [-0.3, -0.25) is 9.97 Å². The monoisotopic (exact) mass is 412 g/mol. The predicted molar refractivity (Wildman–Crippen MR) is 107 cm³/mol. The Labute approximate surface area is 166 Å². The van der Waals surface area contributed by atoms with Crippen LogP contribution in [0.3, 0.4) is 0 Å². The average Bonchev–Trinajstić information content (AvgIpc) is 2.70. The molecule has 0 bridgehead atoms. The van der Waals surface area contributed by atoms with E-state index < -0.39 is 23.3 Å². The largest absolute Gasteiger partial charge is 0.256 e. The third-order valence-corrected chi connectivity index (χ3v) is 5.57. The number of aromatic nitrogens is 2. The quantitative estimate of drug-likeness (QED) is 0.348. The predicted octanol–water partition coefficient (Wildman–Crippen LogP) is 5.00. The van der Waals surface area contributed by atoms with Crippen molar-refractivity contribution in [3.63, 3.8) is 0 Å². The summed E-state index contributed by atoms with van der Waals surface area (Å²) in [6, 6.07) is 13.4. The smallest absolute Gasteiger partial charge is 0.134 e. The van der Waals surface area contributed by atoms with Gasteiger partial charge in [0.1, 0.15) is 23.3 Å². The highest BCUT2D eigenvalue weighted by atomic mass is 31.1. The summed E-state index contributed by atoms with van der Waals surface area (Å²) in [6.45, 7) is 0. The second-order valence-corrected chi connectivity index (χ2v) is 7.37. The standard InChI is InChI=1S/C22H13F4N2P/c23-13-5-7-15(19(25)11-13)17-3-1-9-27-21(17)29-22-18(4-2-10-28-22)16-8-6-14(24)12-20(16)26/h1-12,29H. The van der Waals surface area contributed by atoms with Crippen LogP contribution in [-0.2, 0) is 0 Å². The first-order chi connectivity index (χ1) is 14.0. The lowest BCUT2D eigenvalue weighted by Crippen LogP contribution is -2.15. The van der Waals surface area contributed by atoms with Crippen molar-refractivity contribution in [1.29, 1.82) is 0 Å². The van der Waals surface area contributed by atoms with Gasteiger partial charge in [-0.15, -0.1) is 0 Å². The van der Waals surface area contributed by atoms with Gasteiger partial charge in [-0.1, -0.05) is 12.1 Å². The van der Waals surface area contributed by atoms with E-state index in [-0.39, 0.29) is 19.7 Å². The summed E-state index contributed by atoms with van der Waals surface area (Å²) in [7, 11) is -0.130. The molecule has 0 aliphatic carbocycles. The molecule has 0 aliphatic rings. The second-order valence-electron chi connectivity index (χ2n) is 6.17. The normalized spacial score (nSPS) is 10.9. The highest BCUT2D eigenvalue weighted by Gasteiger charge is 2.16. The van der Waals surface area contributed by atoms with Gasteiger partial charge in [-0.2, -0.15) is 0 Å². The fourth-order valence-corrected chi connectivity index (χ4v) is 4.18. The van der Waals surface area contributed by atoms with Crippen LogP contribution in [0, 0.1) is 23.3 Å². The summed E-state index contributed by atoms with van der Waals surface area (Å²) in [6.07, 6.45) is 3.13. The number of nitrogens with zero attached hydrogens (tertiary/aromatic N) is 2. The molecule has 29 heavy (non-hydrogen) atoms. The van der Waals surface area contributed by atoms with Crippen molar-refractivity contribution >= 4 is 19.5 Å². The van der Waals surface area contributed by atoms with Crippen molar-refractivity contribution in [3.8, 4) is 22.3 Å². The Morgan fingerprint density at radius 3 is 1.41 bits per heavy atom. The lowest BCUT2D eigenvalue weighted by Gasteiger charge is -2.13. The number of pyridine rings is 2. The van der Waals surface area contributed by atoms with Crippen LogP contribution in [0.1, 0.15) is 0 Å². The molecule has 0 radical (unpaired) electrons. The Morgan fingerprint density at radius 2 is 1.00 bits per heavy atom. The topological polar surface area (TPSA) is 25.8 Å². The second kappa shape index (κ2) is 8.10. The summed E-state index contributed by atoms with van der Waals surface area (Å²) >= 11 is 0. The average molecular weight is 412 g/mol. The molecule has 0 atom stereocenters. The molecule has 0 aliphatic heterocycles. The molecule has 0 unspecified atom stereocenters. The fourth-order valence-electron chi connectivity index (χ4n) is 2.97. The minimum Gasteiger partial charge on any atom is -0.256 e. The van der Waals surface area contributed by atoms with Gasteiger partial charge in [0.25, 0.3) is 0 Å². The molecule has 0 spiro atoms. The molecule has 0 saturated carbocycles. The molecule has 0 saturated heterocycles. The highest BCUT2D eigenvalue weighted by Crippen LogP contribution is 2.29. The van der Waals surface area contributed by atoms with Crippen molar-refractivity contribution in [2.45, 2.75) is 0 Å². The molecule has 0 amide bonds. The Morgan fingerprint density at radius 1 is 0.552 bits per heavy atom. The number of hydrogen-bond donors (Lipinski definition) is 0. The summed E-state index contributed by atoms with van der Waals surface area (Å²) in [4.78, 5) is 8.69. The summed E-state index contributed by atoms with van der Waals surface area (Å²) in [5.41, 5.74) is 2.49. The van der Waals surface area contributed by atoms with E-state index >= 15 is 0 Å². The number of benzene rings is 2. The highest BCUT2D eigenvalue weighted by molar-refractivity contribution is 7.55. The number of rotatable bonds is 4. The van der Waals surface area contributed by atoms with Crippen molar-refractivity contribution in [2.24, 2.45) is 0 Å². The summed E-state index contributed by atoms with van der Waals surface area (Å²) in [5, 5.41) is 0. The van der Waals surface area contributed by atoms with Crippen LogP contribution in [0.15, 0.2) is 73.1 Å². The first-order valence-corrected chi connectivity index (χ1v) is 9.61. The van der Waals surface area contributed by atoms with Crippen LogP contribution in [0.5, 0.6) is 0 Å². The van der Waals surface area contributed by atoms with E-state index in [2.05, 4.69) is 9.97 Å². The van der Waals surface area contributed by atoms with E-state index in [0.717, 1.165) is 12.1 Å². The van der Waals surface area contributed by atoms with Crippen molar-refractivity contribution < 1.29 is 17.6 Å². The van der Waals surface area contributed by atoms with E-state index in [0.29, 0.717) is 22.0 Å². The first-order valence-electron chi connectivity index (χ1n) is 8.61. The minimum atomic E-state index is -0.699. The number of halogens is 4. The number of hydrogen-bond acceptors (Lipinski definition) is 2. The van der Waals surface area contributed by atoms with Crippen LogP contribution in [0.4, 0.5) is 17.6 Å². The molecule has 0 fully saturated rings. The maximum atomic E-state index is 14.3. The van der Waals surface area contributed by atoms with Gasteiger partial charge in [0, 0.05) is 46.8 Å². The zero-order valence-corrected chi connectivity index (χ0v) is 15.8. The van der Waals surface area contributed by atoms with Gasteiger partial charge in [-0.05, 0) is 45.0 Å². The molecule has 0 N–H and O–H groups in total. The van der Waals surface area contributed by atoms with Crippen LogP contribution < -0.4 is 10.9 Å². The molecule has 4 aromatic rings. The van der Waals surface area contributed by atoms with Crippen LogP contribution >= 0.6 is 8.58 Å². The maximum absolute atomic E-state index is 14.3. The van der Waals surface area contributed by atoms with E-state index in [1.807, 2.05) is 0 Å². The van der Waals surface area contributed by atoms with E-state index in [1.165, 1.54) is 24.3 Å².